The van der Waals surface area contributed by atoms with Gasteiger partial charge in [-0.05, 0) is 24.2 Å². The van der Waals surface area contributed by atoms with E-state index in [0.717, 1.165) is 11.8 Å². The number of hydrogen-bond acceptors (Lipinski definition) is 6. The number of amides is 2. The Morgan fingerprint density at radius 1 is 1.36 bits per heavy atom. The summed E-state index contributed by atoms with van der Waals surface area (Å²) in [4.78, 5) is 39.9. The molecule has 2 N–H and O–H groups in total. The molecule has 0 aliphatic carbocycles. The molecule has 0 fully saturated rings. The lowest BCUT2D eigenvalue weighted by Crippen LogP contribution is -2.21. The predicted molar refractivity (Wildman–Crippen MR) is 82.4 cm³/mol. The molecule has 2 heterocycles. The van der Waals surface area contributed by atoms with E-state index in [1.807, 2.05) is 0 Å². The average Bonchev–Trinajstić information content (AvgIpc) is 2.88. The minimum absolute atomic E-state index is 0.0542. The Labute approximate surface area is 128 Å². The van der Waals surface area contributed by atoms with Crippen LogP contribution in [-0.2, 0) is 9.59 Å². The number of thioether (sulfide) groups is 1. The minimum Gasteiger partial charge on any atom is -0.378 e. The van der Waals surface area contributed by atoms with Crippen LogP contribution in [-0.4, -0.2) is 29.0 Å². The van der Waals surface area contributed by atoms with Gasteiger partial charge in [0.15, 0.2) is 5.17 Å². The van der Waals surface area contributed by atoms with E-state index in [2.05, 4.69) is 4.99 Å². The summed E-state index contributed by atoms with van der Waals surface area (Å²) in [5, 5.41) is 11.1. The number of carbonyl (C=O) groups is 2. The molecular weight excluding hydrogens is 308 g/mol. The second-order valence-electron chi connectivity index (χ2n) is 4.84. The Hall–Kier alpha value is -2.68. The zero-order chi connectivity index (χ0) is 16.2. The van der Waals surface area contributed by atoms with Crippen molar-refractivity contribution in [1.82, 2.24) is 0 Å². The number of benzene rings is 1. The second-order valence-corrected chi connectivity index (χ2v) is 5.87. The number of nitro groups is 1. The molecule has 0 aromatic heterocycles. The smallest absolute Gasteiger partial charge is 0.287 e. The number of hydrogen-bond donors (Lipinski definition) is 1. The molecule has 3 rings (SSSR count). The van der Waals surface area contributed by atoms with Gasteiger partial charge in [0.05, 0.1) is 21.1 Å². The number of aliphatic imine (C=N–C) groups is 1. The van der Waals surface area contributed by atoms with Gasteiger partial charge in [-0.1, -0.05) is 0 Å². The van der Waals surface area contributed by atoms with Crippen LogP contribution in [0, 0.1) is 17.0 Å². The fourth-order valence-corrected chi connectivity index (χ4v) is 3.36. The lowest BCUT2D eigenvalue weighted by Gasteiger charge is -2.11. The molecule has 112 valence electrons. The second kappa shape index (κ2) is 4.67. The quantitative estimate of drug-likeness (QED) is 0.472. The standard InChI is InChI=1S/C13H10N4O4S/c1-5-3-6(17(20)21)4-7-8(12(19)16(2)9(5)7)10-11(18)15-13(14)22-10/h3-4H,1-2H3,(H2,14,15,18)/b10-8-. The van der Waals surface area contributed by atoms with Crippen molar-refractivity contribution < 1.29 is 14.5 Å². The molecule has 0 saturated carbocycles. The third-order valence-corrected chi connectivity index (χ3v) is 4.34. The largest absolute Gasteiger partial charge is 0.378 e. The number of rotatable bonds is 1. The summed E-state index contributed by atoms with van der Waals surface area (Å²) >= 11 is 0.901. The van der Waals surface area contributed by atoms with E-state index in [1.165, 1.54) is 17.0 Å². The van der Waals surface area contributed by atoms with Crippen molar-refractivity contribution >= 4 is 45.7 Å². The molecule has 22 heavy (non-hydrogen) atoms. The highest BCUT2D eigenvalue weighted by Crippen LogP contribution is 2.45. The molecule has 1 aromatic carbocycles. The molecule has 2 amide bonds. The maximum Gasteiger partial charge on any atom is 0.287 e. The van der Waals surface area contributed by atoms with Crippen molar-refractivity contribution in [3.05, 3.63) is 38.3 Å². The van der Waals surface area contributed by atoms with E-state index in [-0.39, 0.29) is 21.3 Å². The number of nitrogens with zero attached hydrogens (tertiary/aromatic N) is 3. The average molecular weight is 318 g/mol. The van der Waals surface area contributed by atoms with Crippen molar-refractivity contribution in [3.63, 3.8) is 0 Å². The maximum absolute atomic E-state index is 12.5. The summed E-state index contributed by atoms with van der Waals surface area (Å²) in [6, 6.07) is 2.69. The van der Waals surface area contributed by atoms with Crippen molar-refractivity contribution in [2.24, 2.45) is 10.7 Å². The van der Waals surface area contributed by atoms with E-state index >= 15 is 0 Å². The third-order valence-electron chi connectivity index (χ3n) is 3.46. The predicted octanol–water partition coefficient (Wildman–Crippen LogP) is 1.18. The van der Waals surface area contributed by atoms with Gasteiger partial charge in [-0.15, -0.1) is 0 Å². The van der Waals surface area contributed by atoms with E-state index in [0.29, 0.717) is 16.8 Å². The van der Waals surface area contributed by atoms with Crippen LogP contribution in [0.3, 0.4) is 0 Å². The molecule has 0 unspecified atom stereocenters. The third kappa shape index (κ3) is 1.90. The van der Waals surface area contributed by atoms with E-state index in [4.69, 9.17) is 5.73 Å². The van der Waals surface area contributed by atoms with Gasteiger partial charge in [0.25, 0.3) is 17.5 Å². The zero-order valence-electron chi connectivity index (χ0n) is 11.6. The summed E-state index contributed by atoms with van der Waals surface area (Å²) < 4.78 is 0. The summed E-state index contributed by atoms with van der Waals surface area (Å²) in [6.07, 6.45) is 0. The van der Waals surface area contributed by atoms with Crippen LogP contribution in [0.25, 0.3) is 5.57 Å². The van der Waals surface area contributed by atoms with Gasteiger partial charge >= 0.3 is 0 Å². The minimum atomic E-state index is -0.601. The molecule has 2 aliphatic heterocycles. The molecule has 0 radical (unpaired) electrons. The molecule has 0 spiro atoms. The Bertz CT molecular complexity index is 828. The van der Waals surface area contributed by atoms with Crippen LogP contribution >= 0.6 is 11.8 Å². The molecule has 1 aromatic rings. The molecule has 2 aliphatic rings. The van der Waals surface area contributed by atoms with Crippen LogP contribution in [0.15, 0.2) is 22.0 Å². The highest BCUT2D eigenvalue weighted by atomic mass is 32.2. The number of nitrogens with two attached hydrogens (primary N) is 1. The number of carbonyl (C=O) groups excluding carboxylic acids is 2. The Balaban J connectivity index is 2.30. The molecule has 8 nitrogen and oxygen atoms in total. The highest BCUT2D eigenvalue weighted by molar-refractivity contribution is 8.18. The molecule has 0 saturated heterocycles. The fourth-order valence-electron chi connectivity index (χ4n) is 2.59. The lowest BCUT2D eigenvalue weighted by atomic mass is 10.0. The van der Waals surface area contributed by atoms with Crippen LogP contribution in [0.5, 0.6) is 0 Å². The lowest BCUT2D eigenvalue weighted by molar-refractivity contribution is -0.384. The van der Waals surface area contributed by atoms with Gasteiger partial charge in [0.1, 0.15) is 0 Å². The van der Waals surface area contributed by atoms with Crippen LogP contribution < -0.4 is 10.6 Å². The SMILES string of the molecule is Cc1cc([N+](=O)[O-])cc2c1N(C)C(=O)/C2=C1\SC(N)=NC1=O. The number of fused-ring (bicyclic) bond motifs is 1. The van der Waals surface area contributed by atoms with Crippen molar-refractivity contribution in [3.8, 4) is 0 Å². The number of aryl methyl sites for hydroxylation is 1. The van der Waals surface area contributed by atoms with Crippen molar-refractivity contribution in [2.75, 3.05) is 11.9 Å². The first kappa shape index (κ1) is 14.3. The van der Waals surface area contributed by atoms with Gasteiger partial charge < -0.3 is 10.6 Å². The Morgan fingerprint density at radius 2 is 2.05 bits per heavy atom. The monoisotopic (exact) mass is 318 g/mol. The van der Waals surface area contributed by atoms with Gasteiger partial charge in [-0.3, -0.25) is 19.7 Å². The highest BCUT2D eigenvalue weighted by Gasteiger charge is 2.38. The first-order valence-electron chi connectivity index (χ1n) is 6.19. The van der Waals surface area contributed by atoms with E-state index in [1.54, 1.807) is 14.0 Å². The molecule has 9 heteroatoms. The van der Waals surface area contributed by atoms with Crippen LogP contribution in [0.4, 0.5) is 11.4 Å². The number of amidine groups is 1. The number of anilines is 1. The van der Waals surface area contributed by atoms with Crippen LogP contribution in [0.2, 0.25) is 0 Å². The topological polar surface area (TPSA) is 119 Å². The fraction of sp³-hybridized carbons (Fsp3) is 0.154. The number of nitro benzene ring substituents is 1. The maximum atomic E-state index is 12.5. The summed E-state index contributed by atoms with van der Waals surface area (Å²) in [5.41, 5.74) is 6.99. The molecular formula is C13H10N4O4S. The van der Waals surface area contributed by atoms with Gasteiger partial charge in [0.2, 0.25) is 0 Å². The zero-order valence-corrected chi connectivity index (χ0v) is 12.4. The van der Waals surface area contributed by atoms with Crippen molar-refractivity contribution in [1.29, 1.82) is 0 Å². The van der Waals surface area contributed by atoms with E-state index < -0.39 is 16.7 Å². The molecule has 0 atom stereocenters. The van der Waals surface area contributed by atoms with Gasteiger partial charge in [-0.25, -0.2) is 0 Å². The first-order valence-corrected chi connectivity index (χ1v) is 7.01. The van der Waals surface area contributed by atoms with Crippen molar-refractivity contribution in [2.45, 2.75) is 6.92 Å². The first-order chi connectivity index (χ1) is 10.3. The summed E-state index contributed by atoms with van der Waals surface area (Å²) in [7, 11) is 1.56. The Kier molecular flexibility index (Phi) is 3.03. The van der Waals surface area contributed by atoms with Crippen LogP contribution in [0.1, 0.15) is 11.1 Å². The summed E-state index contributed by atoms with van der Waals surface area (Å²) in [6.45, 7) is 1.68. The van der Waals surface area contributed by atoms with Gasteiger partial charge in [-0.2, -0.15) is 4.99 Å². The Morgan fingerprint density at radius 3 is 2.59 bits per heavy atom. The van der Waals surface area contributed by atoms with E-state index in [9.17, 15) is 19.7 Å². The number of likely N-dealkylation sites (N-methyl/N-ethyl adjacent to an activating group) is 1. The number of non-ortho nitro benzene ring substituents is 1. The normalized spacial score (nSPS) is 20.5. The summed E-state index contributed by atoms with van der Waals surface area (Å²) in [5.74, 6) is -1.00. The molecule has 0 bridgehead atoms. The van der Waals surface area contributed by atoms with Gasteiger partial charge in [0, 0.05) is 24.7 Å².